The Morgan fingerprint density at radius 3 is 1.65 bits per heavy atom. The van der Waals surface area contributed by atoms with Gasteiger partial charge in [0, 0.05) is 25.2 Å². The maximum absolute atomic E-state index is 13.0. The van der Waals surface area contributed by atoms with Gasteiger partial charge in [-0.15, -0.1) is 0 Å². The van der Waals surface area contributed by atoms with Crippen molar-refractivity contribution in [2.24, 2.45) is 14.1 Å². The predicted octanol–water partition coefficient (Wildman–Crippen LogP) is 5.92. The lowest BCUT2D eigenvalue weighted by atomic mass is 10.1. The van der Waals surface area contributed by atoms with E-state index in [4.69, 9.17) is 5.73 Å². The van der Waals surface area contributed by atoms with Crippen molar-refractivity contribution in [1.82, 2.24) is 39.0 Å². The van der Waals surface area contributed by atoms with Crippen LogP contribution in [0.25, 0.3) is 55.9 Å². The van der Waals surface area contributed by atoms with Crippen LogP contribution in [0.1, 0.15) is 25.2 Å². The van der Waals surface area contributed by atoms with E-state index in [1.54, 1.807) is 13.1 Å². The summed E-state index contributed by atoms with van der Waals surface area (Å²) in [6.45, 7) is 2.96. The quantitative estimate of drug-likeness (QED) is 0.0928. The Morgan fingerprint density at radius 1 is 0.719 bits per heavy atom. The lowest BCUT2D eigenvalue weighted by Gasteiger charge is -2.14. The molecule has 0 spiro atoms. The van der Waals surface area contributed by atoms with Gasteiger partial charge in [-0.2, -0.15) is 26.3 Å². The average Bonchev–Trinajstić information content (AvgIpc) is 3.85. The third-order valence-electron chi connectivity index (χ3n) is 8.92. The zero-order valence-electron chi connectivity index (χ0n) is 30.0. The lowest BCUT2D eigenvalue weighted by Crippen LogP contribution is -2.10. The number of nitrogens with zero attached hydrogens (tertiary/aromatic N) is 7. The fourth-order valence-corrected chi connectivity index (χ4v) is 8.08. The number of sulfone groups is 2. The molecule has 0 aliphatic heterocycles. The summed E-state index contributed by atoms with van der Waals surface area (Å²) in [6, 6.07) is 7.19. The van der Waals surface area contributed by atoms with Gasteiger partial charge in [-0.1, -0.05) is 13.8 Å². The molecule has 0 saturated carbocycles. The fourth-order valence-electron chi connectivity index (χ4n) is 5.89. The number of anilines is 2. The molecular formula is C34H30F6N10O5S2. The molecule has 23 heteroatoms. The zero-order valence-corrected chi connectivity index (χ0v) is 31.7. The number of pyridine rings is 2. The van der Waals surface area contributed by atoms with Crippen LogP contribution in [0.4, 0.5) is 37.7 Å². The van der Waals surface area contributed by atoms with Gasteiger partial charge < -0.3 is 25.2 Å². The van der Waals surface area contributed by atoms with Crippen LogP contribution in [0.15, 0.2) is 64.9 Å². The van der Waals surface area contributed by atoms with Crippen LogP contribution in [-0.2, 0) is 50.9 Å². The summed E-state index contributed by atoms with van der Waals surface area (Å²) < 4.78 is 131. The molecule has 2 aromatic carbocycles. The van der Waals surface area contributed by atoms with Gasteiger partial charge >= 0.3 is 12.4 Å². The van der Waals surface area contributed by atoms with E-state index in [0.717, 1.165) is 24.5 Å². The molecule has 0 aliphatic rings. The number of aromatic nitrogens is 8. The van der Waals surface area contributed by atoms with Crippen molar-refractivity contribution in [1.29, 1.82) is 0 Å². The van der Waals surface area contributed by atoms with E-state index in [1.807, 2.05) is 0 Å². The second-order valence-electron chi connectivity index (χ2n) is 12.4. The highest BCUT2D eigenvalue weighted by Crippen LogP contribution is 2.37. The van der Waals surface area contributed by atoms with Crippen LogP contribution >= 0.6 is 0 Å². The largest absolute Gasteiger partial charge is 0.433 e. The van der Waals surface area contributed by atoms with Crippen LogP contribution in [0.2, 0.25) is 0 Å². The van der Waals surface area contributed by atoms with E-state index in [0.29, 0.717) is 23.0 Å². The van der Waals surface area contributed by atoms with Crippen LogP contribution < -0.4 is 11.1 Å². The highest BCUT2D eigenvalue weighted by molar-refractivity contribution is 7.91. The van der Waals surface area contributed by atoms with Crippen molar-refractivity contribution in [2.45, 2.75) is 36.0 Å². The maximum Gasteiger partial charge on any atom is 0.433 e. The Bertz CT molecular complexity index is 2940. The number of amides is 1. The highest BCUT2D eigenvalue weighted by Gasteiger charge is 2.34. The number of hydrogen-bond acceptors (Lipinski definition) is 11. The van der Waals surface area contributed by atoms with Gasteiger partial charge in [0.25, 0.3) is 0 Å². The molecule has 0 fully saturated rings. The molecule has 15 nitrogen and oxygen atoms in total. The minimum atomic E-state index is -4.64. The highest BCUT2D eigenvalue weighted by atomic mass is 32.2. The summed E-state index contributed by atoms with van der Waals surface area (Å²) in [5.74, 6) is -0.0668. The molecule has 0 saturated heterocycles. The van der Waals surface area contributed by atoms with E-state index < -0.39 is 43.4 Å². The van der Waals surface area contributed by atoms with E-state index in [-0.39, 0.29) is 72.0 Å². The number of nitrogens with two attached hydrogens (primary N) is 1. The Hall–Kier alpha value is -6.10. The van der Waals surface area contributed by atoms with Crippen LogP contribution in [0.5, 0.6) is 0 Å². The summed E-state index contributed by atoms with van der Waals surface area (Å²) in [6.07, 6.45) is -5.35. The minimum absolute atomic E-state index is 0.00154. The number of nitrogens with one attached hydrogen (secondary N) is 2. The summed E-state index contributed by atoms with van der Waals surface area (Å²) in [5.41, 5.74) is 6.04. The number of fused-ring (bicyclic) bond motifs is 3. The molecule has 7 aromatic rings. The molecule has 0 unspecified atom stereocenters. The zero-order chi connectivity index (χ0) is 41.8. The molecule has 5 heterocycles. The van der Waals surface area contributed by atoms with Crippen LogP contribution in [-0.4, -0.2) is 73.8 Å². The SMILES string of the molecule is CCS(=O)(=O)c1cc(NC=O)c(N)cc1-c1nc2cc(C(F)(F)F)ncc2n1C.CCS(=O)(=O)c1cc2[nH]cnc2cc1-c1nc2cc(C(F)(F)F)ncc2n1C. The summed E-state index contributed by atoms with van der Waals surface area (Å²) >= 11 is 0. The standard InChI is InChI=1S/C17H16F3N5O3S.C17H14F3N5O2S/c1-3-29(27,28)14-5-11(23-8-26)10(21)4-9(14)16-24-12-6-15(17(18,19)20)22-7-13(12)25(16)2;1-3-28(26,27)14-5-11-10(22-8-23-11)4-9(14)16-24-12-6-15(17(18,19)20)21-7-13(12)25(16)2/h4-8H,3,21H2,1-2H3,(H,23,26);4-8H,3H2,1-2H3,(H,22,23). The van der Waals surface area contributed by atoms with E-state index >= 15 is 0 Å². The number of imidazole rings is 3. The van der Waals surface area contributed by atoms with Crippen molar-refractivity contribution in [3.05, 3.63) is 66.5 Å². The summed E-state index contributed by atoms with van der Waals surface area (Å²) in [4.78, 5) is 33.0. The monoisotopic (exact) mass is 836 g/mol. The van der Waals surface area contributed by atoms with Gasteiger partial charge in [0.15, 0.2) is 19.7 Å². The summed E-state index contributed by atoms with van der Waals surface area (Å²) in [7, 11) is -4.29. The second kappa shape index (κ2) is 14.4. The first-order valence-corrected chi connectivity index (χ1v) is 19.8. The smallest absolute Gasteiger partial charge is 0.397 e. The van der Waals surface area contributed by atoms with E-state index in [9.17, 15) is 48.0 Å². The third-order valence-corrected chi connectivity index (χ3v) is 12.5. The van der Waals surface area contributed by atoms with Gasteiger partial charge in [0.1, 0.15) is 23.0 Å². The van der Waals surface area contributed by atoms with Crippen molar-refractivity contribution in [3.63, 3.8) is 0 Å². The molecule has 57 heavy (non-hydrogen) atoms. The predicted molar refractivity (Wildman–Crippen MR) is 197 cm³/mol. The molecule has 1 amide bonds. The molecule has 0 atom stereocenters. The van der Waals surface area contributed by atoms with Gasteiger partial charge in [0.05, 0.1) is 84.5 Å². The first kappa shape index (κ1) is 40.6. The maximum atomic E-state index is 13.0. The summed E-state index contributed by atoms with van der Waals surface area (Å²) in [5, 5.41) is 2.32. The Morgan fingerprint density at radius 2 is 1.19 bits per heavy atom. The first-order chi connectivity index (χ1) is 26.6. The fraction of sp³-hybridized carbons (Fsp3) is 0.235. The van der Waals surface area contributed by atoms with E-state index in [2.05, 4.69) is 35.2 Å². The minimum Gasteiger partial charge on any atom is -0.397 e. The number of halogens is 6. The number of nitrogen functional groups attached to an aromatic ring is 1. The molecule has 7 rings (SSSR count). The lowest BCUT2D eigenvalue weighted by molar-refractivity contribution is -0.141. The Labute approximate surface area is 318 Å². The molecule has 0 aliphatic carbocycles. The number of benzene rings is 2. The third kappa shape index (κ3) is 7.58. The number of carbonyl (C=O) groups is 1. The number of alkyl halides is 6. The molecule has 4 N–H and O–H groups in total. The average molecular weight is 837 g/mol. The number of aromatic amines is 1. The van der Waals surface area contributed by atoms with Crippen LogP contribution in [0.3, 0.4) is 0 Å². The molecule has 0 radical (unpaired) electrons. The van der Waals surface area contributed by atoms with Gasteiger partial charge in [-0.05, 0) is 36.4 Å². The van der Waals surface area contributed by atoms with Crippen LogP contribution in [0, 0.1) is 0 Å². The normalized spacial score (nSPS) is 12.6. The molecule has 5 aromatic heterocycles. The number of rotatable bonds is 8. The van der Waals surface area contributed by atoms with E-state index in [1.165, 1.54) is 54.6 Å². The molecule has 0 bridgehead atoms. The van der Waals surface area contributed by atoms with Crippen molar-refractivity contribution >= 4 is 70.6 Å². The Balaban J connectivity index is 0.000000193. The number of H-pyrrole nitrogens is 1. The molecular weight excluding hydrogens is 807 g/mol. The van der Waals surface area contributed by atoms with Gasteiger partial charge in [0.2, 0.25) is 6.41 Å². The number of carbonyl (C=O) groups excluding carboxylic acids is 1. The number of hydrogen-bond donors (Lipinski definition) is 3. The first-order valence-electron chi connectivity index (χ1n) is 16.5. The number of aryl methyl sites for hydroxylation is 2. The Kier molecular flexibility index (Phi) is 10.3. The van der Waals surface area contributed by atoms with Crippen molar-refractivity contribution in [3.8, 4) is 22.8 Å². The molecule has 300 valence electrons. The topological polar surface area (TPSA) is 213 Å². The van der Waals surface area contributed by atoms with Crippen molar-refractivity contribution in [2.75, 3.05) is 22.6 Å². The van der Waals surface area contributed by atoms with Gasteiger partial charge in [-0.25, -0.2) is 41.8 Å². The van der Waals surface area contributed by atoms with Gasteiger partial charge in [-0.3, -0.25) is 4.79 Å². The second-order valence-corrected chi connectivity index (χ2v) is 16.9. The van der Waals surface area contributed by atoms with Crippen molar-refractivity contribution < 1.29 is 48.0 Å².